The molecule has 0 saturated carbocycles. The molecule has 3 nitrogen and oxygen atoms in total. The van der Waals surface area contributed by atoms with E-state index in [4.69, 9.17) is 5.11 Å². The molecule has 0 saturated heterocycles. The Bertz CT molecular complexity index is 206. The second-order valence-electron chi connectivity index (χ2n) is 2.62. The summed E-state index contributed by atoms with van der Waals surface area (Å²) in [4.78, 5) is 3.99. The molecule has 0 bridgehead atoms. The molecule has 0 radical (unpaired) electrons. The zero-order valence-electron chi connectivity index (χ0n) is 7.41. The minimum Gasteiger partial charge on any atom is -1.00 e. The molecular weight excluding hydrogens is 188 g/mol. The quantitative estimate of drug-likeness (QED) is 0.521. The third-order valence-electron chi connectivity index (χ3n) is 1.56. The first-order valence-corrected chi connectivity index (χ1v) is 4.14. The third-order valence-corrected chi connectivity index (χ3v) is 1.56. The maximum absolute atomic E-state index is 8.51. The summed E-state index contributed by atoms with van der Waals surface area (Å²) in [7, 11) is 0. The summed E-state index contributed by atoms with van der Waals surface area (Å²) in [5.74, 6) is 0. The molecule has 0 atom stereocenters. The molecule has 0 spiro atoms. The average Bonchev–Trinajstić information content (AvgIpc) is 2.14. The van der Waals surface area contributed by atoms with Gasteiger partial charge in [0.05, 0.1) is 0 Å². The topological polar surface area (TPSA) is 45.1 Å². The number of hydrogen-bond acceptors (Lipinski definition) is 3. The van der Waals surface area contributed by atoms with E-state index in [2.05, 4.69) is 10.3 Å². The molecule has 13 heavy (non-hydrogen) atoms. The molecule has 4 heteroatoms. The number of nitrogens with zero attached hydrogens (tertiary/aromatic N) is 1. The molecule has 0 fully saturated rings. The van der Waals surface area contributed by atoms with Crippen LogP contribution in [-0.2, 0) is 6.54 Å². The van der Waals surface area contributed by atoms with Gasteiger partial charge in [0.25, 0.3) is 0 Å². The van der Waals surface area contributed by atoms with Crippen molar-refractivity contribution in [2.75, 3.05) is 13.2 Å². The maximum atomic E-state index is 8.51. The first-order valence-electron chi connectivity index (χ1n) is 4.14. The lowest BCUT2D eigenvalue weighted by atomic mass is 10.3. The Kier molecular flexibility index (Phi) is 7.59. The van der Waals surface area contributed by atoms with E-state index in [1.807, 2.05) is 18.3 Å². The standard InChI is InChI=1S/C9H14N2O.ClH/c12-6-2-5-11-8-9-3-1-4-10-7-9;/h1,3-4,7,11-12H,2,5-6,8H2;1H/p-1. The fourth-order valence-corrected chi connectivity index (χ4v) is 0.939. The number of hydrogen-bond donors (Lipinski definition) is 2. The van der Waals surface area contributed by atoms with Gasteiger partial charge in [0, 0.05) is 25.5 Å². The molecule has 2 N–H and O–H groups in total. The molecular formula is C9H14ClN2O-. The van der Waals surface area contributed by atoms with Crippen LogP contribution < -0.4 is 17.7 Å². The highest BCUT2D eigenvalue weighted by Gasteiger charge is 1.89. The first kappa shape index (κ1) is 12.4. The van der Waals surface area contributed by atoms with Gasteiger partial charge in [-0.15, -0.1) is 0 Å². The van der Waals surface area contributed by atoms with Gasteiger partial charge in [0.1, 0.15) is 0 Å². The van der Waals surface area contributed by atoms with Crippen molar-refractivity contribution in [1.82, 2.24) is 10.3 Å². The zero-order chi connectivity index (χ0) is 8.65. The fraction of sp³-hybridized carbons (Fsp3) is 0.444. The highest BCUT2D eigenvalue weighted by atomic mass is 35.5. The Hall–Kier alpha value is -0.640. The van der Waals surface area contributed by atoms with Crippen LogP contribution in [0, 0.1) is 0 Å². The van der Waals surface area contributed by atoms with Crippen LogP contribution >= 0.6 is 0 Å². The highest BCUT2D eigenvalue weighted by Crippen LogP contribution is 1.93. The number of aliphatic hydroxyl groups excluding tert-OH is 1. The van der Waals surface area contributed by atoms with Crippen molar-refractivity contribution in [3.8, 4) is 0 Å². The van der Waals surface area contributed by atoms with Gasteiger partial charge in [-0.05, 0) is 24.6 Å². The smallest absolute Gasteiger partial charge is 0.0443 e. The Labute approximate surface area is 84.6 Å². The molecule has 0 aliphatic carbocycles. The van der Waals surface area contributed by atoms with Crippen molar-refractivity contribution >= 4 is 0 Å². The van der Waals surface area contributed by atoms with Crippen LogP contribution in [0.1, 0.15) is 12.0 Å². The van der Waals surface area contributed by atoms with Crippen LogP contribution in [0.25, 0.3) is 0 Å². The Morgan fingerprint density at radius 1 is 1.46 bits per heavy atom. The van der Waals surface area contributed by atoms with Crippen molar-refractivity contribution in [3.63, 3.8) is 0 Å². The molecule has 1 rings (SSSR count). The number of pyridine rings is 1. The Balaban J connectivity index is 0.00000144. The van der Waals surface area contributed by atoms with Crippen LogP contribution in [0.2, 0.25) is 0 Å². The molecule has 0 unspecified atom stereocenters. The van der Waals surface area contributed by atoms with E-state index in [1.165, 1.54) is 5.56 Å². The van der Waals surface area contributed by atoms with Crippen molar-refractivity contribution in [1.29, 1.82) is 0 Å². The number of rotatable bonds is 5. The largest absolute Gasteiger partial charge is 1.00 e. The monoisotopic (exact) mass is 201 g/mol. The molecule has 1 aromatic rings. The zero-order valence-corrected chi connectivity index (χ0v) is 8.17. The van der Waals surface area contributed by atoms with Gasteiger partial charge >= 0.3 is 0 Å². The van der Waals surface area contributed by atoms with Crippen molar-refractivity contribution in [2.24, 2.45) is 0 Å². The lowest BCUT2D eigenvalue weighted by molar-refractivity contribution is -0.00000373. The number of halogens is 1. The van der Waals surface area contributed by atoms with Crippen LogP contribution in [0.3, 0.4) is 0 Å². The SMILES string of the molecule is OCCCNCc1cccnc1.[Cl-]. The van der Waals surface area contributed by atoms with Gasteiger partial charge in [-0.1, -0.05) is 6.07 Å². The summed E-state index contributed by atoms with van der Waals surface area (Å²) < 4.78 is 0. The lowest BCUT2D eigenvalue weighted by Crippen LogP contribution is -3.00. The van der Waals surface area contributed by atoms with Crippen molar-refractivity contribution < 1.29 is 17.5 Å². The number of aromatic nitrogens is 1. The van der Waals surface area contributed by atoms with E-state index in [0.717, 1.165) is 19.5 Å². The fourth-order valence-electron chi connectivity index (χ4n) is 0.939. The Morgan fingerprint density at radius 2 is 2.31 bits per heavy atom. The van der Waals surface area contributed by atoms with Gasteiger partial charge in [-0.3, -0.25) is 4.98 Å². The van der Waals surface area contributed by atoms with Crippen LogP contribution in [-0.4, -0.2) is 23.2 Å². The normalized spacial score (nSPS) is 9.31. The predicted octanol–water partition coefficient (Wildman–Crippen LogP) is -2.44. The average molecular weight is 202 g/mol. The van der Waals surface area contributed by atoms with Gasteiger partial charge < -0.3 is 22.8 Å². The third kappa shape index (κ3) is 5.58. The van der Waals surface area contributed by atoms with Crippen LogP contribution in [0.4, 0.5) is 0 Å². The predicted molar refractivity (Wildman–Crippen MR) is 47.6 cm³/mol. The minimum absolute atomic E-state index is 0. The number of nitrogens with one attached hydrogen (secondary N) is 1. The van der Waals surface area contributed by atoms with E-state index in [-0.39, 0.29) is 19.0 Å². The van der Waals surface area contributed by atoms with E-state index in [0.29, 0.717) is 0 Å². The summed E-state index contributed by atoms with van der Waals surface area (Å²) in [5, 5.41) is 11.7. The molecule has 0 aromatic carbocycles. The maximum Gasteiger partial charge on any atom is 0.0443 e. The highest BCUT2D eigenvalue weighted by molar-refractivity contribution is 5.07. The molecule has 0 aliphatic rings. The first-order chi connectivity index (χ1) is 5.93. The van der Waals surface area contributed by atoms with Gasteiger partial charge in [0.2, 0.25) is 0 Å². The second kappa shape index (κ2) is 7.98. The van der Waals surface area contributed by atoms with E-state index < -0.39 is 0 Å². The van der Waals surface area contributed by atoms with E-state index >= 15 is 0 Å². The molecule has 0 aliphatic heterocycles. The molecule has 74 valence electrons. The summed E-state index contributed by atoms with van der Waals surface area (Å²) >= 11 is 0. The molecule has 1 heterocycles. The van der Waals surface area contributed by atoms with Gasteiger partial charge in [0.15, 0.2) is 0 Å². The summed E-state index contributed by atoms with van der Waals surface area (Å²) in [5.41, 5.74) is 1.18. The molecule has 0 amide bonds. The Morgan fingerprint density at radius 3 is 2.92 bits per heavy atom. The summed E-state index contributed by atoms with van der Waals surface area (Å²) in [6, 6.07) is 3.95. The van der Waals surface area contributed by atoms with Crippen LogP contribution in [0.5, 0.6) is 0 Å². The van der Waals surface area contributed by atoms with Crippen molar-refractivity contribution in [3.05, 3.63) is 30.1 Å². The van der Waals surface area contributed by atoms with E-state index in [9.17, 15) is 0 Å². The summed E-state index contributed by atoms with van der Waals surface area (Å²) in [6.45, 7) is 1.93. The summed E-state index contributed by atoms with van der Waals surface area (Å²) in [6.07, 6.45) is 4.41. The van der Waals surface area contributed by atoms with Crippen LogP contribution in [0.15, 0.2) is 24.5 Å². The van der Waals surface area contributed by atoms with Crippen molar-refractivity contribution in [2.45, 2.75) is 13.0 Å². The van der Waals surface area contributed by atoms with Gasteiger partial charge in [-0.2, -0.15) is 0 Å². The minimum atomic E-state index is 0. The molecule has 1 aromatic heterocycles. The number of aliphatic hydroxyl groups is 1. The van der Waals surface area contributed by atoms with Gasteiger partial charge in [-0.25, -0.2) is 0 Å². The lowest BCUT2D eigenvalue weighted by Gasteiger charge is -2.01. The van der Waals surface area contributed by atoms with E-state index in [1.54, 1.807) is 6.20 Å². The second-order valence-corrected chi connectivity index (χ2v) is 2.62.